The average Bonchev–Trinajstić information content (AvgIpc) is 3.55. The smallest absolute Gasteiger partial charge is 0.205 e. The fraction of sp³-hybridized carbons (Fsp3) is 0.192. The number of nitrogens with one attached hydrogen (secondary N) is 5. The molecule has 1 aliphatic carbocycles. The number of Topliss-reactive ketones (excluding diaryl/α,β-unsaturated/α-hetero) is 1. The zero-order chi connectivity index (χ0) is 23.9. The van der Waals surface area contributed by atoms with Crippen LogP contribution in [0.4, 0.5) is 17.5 Å². The van der Waals surface area contributed by atoms with Gasteiger partial charge < -0.3 is 31.0 Å². The third kappa shape index (κ3) is 2.72. The van der Waals surface area contributed by atoms with Crippen molar-refractivity contribution < 1.29 is 4.79 Å². The topological polar surface area (TPSA) is 118 Å². The first-order valence-corrected chi connectivity index (χ1v) is 11.3. The highest BCUT2D eigenvalue weighted by Crippen LogP contribution is 2.31. The summed E-state index contributed by atoms with van der Waals surface area (Å²) in [6.45, 7) is 2.03. The van der Waals surface area contributed by atoms with Crippen LogP contribution < -0.4 is 26.0 Å². The number of nitrogens with two attached hydrogens (primary N) is 1. The van der Waals surface area contributed by atoms with E-state index in [1.165, 1.54) is 0 Å². The van der Waals surface area contributed by atoms with E-state index < -0.39 is 0 Å². The van der Waals surface area contributed by atoms with E-state index in [4.69, 9.17) is 5.73 Å². The lowest BCUT2D eigenvalue weighted by Gasteiger charge is -2.20. The Labute approximate surface area is 195 Å². The number of rotatable bonds is 4. The van der Waals surface area contributed by atoms with E-state index in [9.17, 15) is 4.79 Å². The molecule has 0 aliphatic heterocycles. The summed E-state index contributed by atoms with van der Waals surface area (Å²) in [7, 11) is 8.14. The van der Waals surface area contributed by atoms with E-state index in [1.54, 1.807) is 0 Å². The number of quaternary nitrogens is 1. The van der Waals surface area contributed by atoms with Gasteiger partial charge in [-0.05, 0) is 37.3 Å². The number of carbonyl (C=O) groups excluding carboxylic acids is 1. The highest BCUT2D eigenvalue weighted by Gasteiger charge is 2.32. The molecule has 0 spiro atoms. The van der Waals surface area contributed by atoms with Crippen LogP contribution in [-0.2, 0) is 4.79 Å². The number of benzene rings is 1. The molecule has 8 heteroatoms. The summed E-state index contributed by atoms with van der Waals surface area (Å²) in [6.07, 6.45) is 0. The Morgan fingerprint density at radius 1 is 0.824 bits per heavy atom. The van der Waals surface area contributed by atoms with Crippen LogP contribution in [0.25, 0.3) is 33.0 Å². The summed E-state index contributed by atoms with van der Waals surface area (Å²) in [6, 6.07) is 12.0. The number of nitrogen functional groups attached to an aromatic ring is 1. The second kappa shape index (κ2) is 6.68. The summed E-state index contributed by atoms with van der Waals surface area (Å²) in [5.74, 6) is 2.41. The second-order valence-electron chi connectivity index (χ2n) is 9.89. The van der Waals surface area contributed by atoms with Crippen LogP contribution in [0.15, 0.2) is 36.4 Å². The van der Waals surface area contributed by atoms with Gasteiger partial charge in [0.15, 0.2) is 5.78 Å². The van der Waals surface area contributed by atoms with Crippen LogP contribution in [0.5, 0.6) is 0 Å². The summed E-state index contributed by atoms with van der Waals surface area (Å²) in [5, 5.41) is 6.93. The molecule has 34 heavy (non-hydrogen) atoms. The molecule has 1 aliphatic rings. The molecule has 0 bridgehead atoms. The molecule has 0 radical (unpaired) electrons. The van der Waals surface area contributed by atoms with Gasteiger partial charge in [0, 0.05) is 40.0 Å². The number of ketones is 1. The van der Waals surface area contributed by atoms with Gasteiger partial charge in [-0.3, -0.25) is 9.28 Å². The molecule has 0 fully saturated rings. The maximum absolute atomic E-state index is 14.2. The largest absolute Gasteiger partial charge is 0.385 e. The van der Waals surface area contributed by atoms with Gasteiger partial charge >= 0.3 is 0 Å². The number of nitrogens with zero attached hydrogens (tertiary/aromatic N) is 1. The predicted molar refractivity (Wildman–Crippen MR) is 139 cm³/mol. The van der Waals surface area contributed by atoms with Gasteiger partial charge in [-0.15, -0.1) is 0 Å². The molecule has 4 heterocycles. The Kier molecular flexibility index (Phi) is 4.01. The molecule has 8 nitrogen and oxygen atoms in total. The number of aromatic nitrogens is 4. The third-order valence-electron chi connectivity index (χ3n) is 6.67. The van der Waals surface area contributed by atoms with Crippen molar-refractivity contribution in [2.45, 2.75) is 6.92 Å². The first-order chi connectivity index (χ1) is 16.2. The minimum atomic E-state index is -0.0245. The number of H-pyrrole nitrogens is 4. The SMILES string of the molecule is CNc1ccc(C2=c3c(c4[nH]c(C)cc4c4cc(N)[nH]c34)=C(c3ccc([N+](C)(C)C)[nH]3)C2=O)[nH]1. The van der Waals surface area contributed by atoms with Gasteiger partial charge in [0.1, 0.15) is 11.6 Å². The van der Waals surface area contributed by atoms with Crippen LogP contribution >= 0.6 is 0 Å². The monoisotopic (exact) mass is 454 g/mol. The van der Waals surface area contributed by atoms with Crippen molar-refractivity contribution in [3.8, 4) is 0 Å². The maximum atomic E-state index is 14.2. The van der Waals surface area contributed by atoms with Gasteiger partial charge in [0.05, 0.1) is 54.7 Å². The second-order valence-corrected chi connectivity index (χ2v) is 9.89. The lowest BCUT2D eigenvalue weighted by atomic mass is 10.0. The van der Waals surface area contributed by atoms with Crippen LogP contribution in [0.2, 0.25) is 0 Å². The Hall–Kier alpha value is -4.17. The molecule has 0 amide bonds. The lowest BCUT2D eigenvalue weighted by molar-refractivity contribution is -0.108. The summed E-state index contributed by atoms with van der Waals surface area (Å²) < 4.78 is 0.621. The van der Waals surface area contributed by atoms with Gasteiger partial charge in [-0.2, -0.15) is 0 Å². The quantitative estimate of drug-likeness (QED) is 0.234. The van der Waals surface area contributed by atoms with E-state index >= 15 is 0 Å². The van der Waals surface area contributed by atoms with E-state index in [0.717, 1.165) is 61.0 Å². The minimum absolute atomic E-state index is 0.0245. The number of aromatic amines is 4. The highest BCUT2D eigenvalue weighted by atomic mass is 16.1. The average molecular weight is 455 g/mol. The molecule has 0 atom stereocenters. The normalized spacial score (nSPS) is 14.1. The van der Waals surface area contributed by atoms with E-state index in [1.807, 2.05) is 44.3 Å². The molecule has 0 unspecified atom stereocenters. The van der Waals surface area contributed by atoms with Crippen molar-refractivity contribution in [3.05, 3.63) is 63.9 Å². The van der Waals surface area contributed by atoms with Gasteiger partial charge in [-0.25, -0.2) is 0 Å². The molecule has 1 aromatic carbocycles. The summed E-state index contributed by atoms with van der Waals surface area (Å²) in [4.78, 5) is 27.9. The predicted octanol–water partition coefficient (Wildman–Crippen LogP) is 2.42. The van der Waals surface area contributed by atoms with Crippen molar-refractivity contribution in [2.24, 2.45) is 0 Å². The Morgan fingerprint density at radius 2 is 1.44 bits per heavy atom. The molecule has 7 N–H and O–H groups in total. The molecule has 5 aromatic rings. The Morgan fingerprint density at radius 3 is 2.06 bits per heavy atom. The number of hydrogen-bond donors (Lipinski definition) is 6. The van der Waals surface area contributed by atoms with E-state index in [2.05, 4.69) is 52.5 Å². The maximum Gasteiger partial charge on any atom is 0.205 e. The van der Waals surface area contributed by atoms with Crippen LogP contribution in [0.1, 0.15) is 17.1 Å². The van der Waals surface area contributed by atoms with Crippen LogP contribution in [0.3, 0.4) is 0 Å². The van der Waals surface area contributed by atoms with Crippen LogP contribution in [0, 0.1) is 6.92 Å². The fourth-order valence-electron chi connectivity index (χ4n) is 5.11. The van der Waals surface area contributed by atoms with E-state index in [-0.39, 0.29) is 5.78 Å². The zero-order valence-corrected chi connectivity index (χ0v) is 19.9. The van der Waals surface area contributed by atoms with Gasteiger partial charge in [0.2, 0.25) is 5.82 Å². The summed E-state index contributed by atoms with van der Waals surface area (Å²) >= 11 is 0. The van der Waals surface area contributed by atoms with Crippen molar-refractivity contribution in [1.29, 1.82) is 0 Å². The number of fused-ring (bicyclic) bond motifs is 6. The Bertz CT molecular complexity index is 1770. The molecule has 4 aromatic heterocycles. The van der Waals surface area contributed by atoms with Gasteiger partial charge in [0.25, 0.3) is 0 Å². The zero-order valence-electron chi connectivity index (χ0n) is 19.9. The first kappa shape index (κ1) is 20.4. The number of aryl methyl sites for hydroxylation is 1. The Balaban J connectivity index is 1.84. The number of anilines is 2. The summed E-state index contributed by atoms with van der Waals surface area (Å²) in [5.41, 5.74) is 11.9. The fourth-order valence-corrected chi connectivity index (χ4v) is 5.11. The minimum Gasteiger partial charge on any atom is -0.385 e. The number of hydrogen-bond acceptors (Lipinski definition) is 3. The van der Waals surface area contributed by atoms with Crippen LogP contribution in [-0.4, -0.2) is 53.9 Å². The third-order valence-corrected chi connectivity index (χ3v) is 6.67. The molecular weight excluding hydrogens is 426 g/mol. The first-order valence-electron chi connectivity index (χ1n) is 11.3. The van der Waals surface area contributed by atoms with Crippen molar-refractivity contribution in [2.75, 3.05) is 39.2 Å². The van der Waals surface area contributed by atoms with E-state index in [0.29, 0.717) is 21.4 Å². The molecule has 0 saturated heterocycles. The van der Waals surface area contributed by atoms with Crippen molar-refractivity contribution in [1.82, 2.24) is 24.4 Å². The molecule has 172 valence electrons. The lowest BCUT2D eigenvalue weighted by Crippen LogP contribution is -2.35. The highest BCUT2D eigenvalue weighted by molar-refractivity contribution is 6.44. The molecule has 0 saturated carbocycles. The van der Waals surface area contributed by atoms with Crippen molar-refractivity contribution in [3.63, 3.8) is 0 Å². The molecular formula is C26H28N7O+. The van der Waals surface area contributed by atoms with Crippen molar-refractivity contribution >= 4 is 56.2 Å². The number of carbonyl (C=O) groups is 1. The standard InChI is InChI=1S/C26H27N7O/c1-12-10-13-14-11-17(27)32-25(14)23-20(15-6-8-18(28-2)30-15)26(34)21(22(23)24(13)29-12)16-7-9-19(31-16)33(3,4)5/h6-11H,1-5H3,(H6-,27,28,29,30,31,32,34)/p+1. The molecule has 6 rings (SSSR count). The van der Waals surface area contributed by atoms with Gasteiger partial charge in [-0.1, -0.05) is 0 Å².